The first-order chi connectivity index (χ1) is 9.95. The maximum Gasteiger partial charge on any atom is 0.237 e. The smallest absolute Gasteiger partial charge is 0.237 e. The van der Waals surface area contributed by atoms with Crippen molar-refractivity contribution >= 4 is 39.7 Å². The van der Waals surface area contributed by atoms with Crippen molar-refractivity contribution in [2.24, 2.45) is 0 Å². The molecule has 1 amide bonds. The molecule has 21 heavy (non-hydrogen) atoms. The van der Waals surface area contributed by atoms with Crippen LogP contribution in [0.4, 0.5) is 11.4 Å². The molecule has 0 heterocycles. The van der Waals surface area contributed by atoms with Gasteiger partial charge in [-0.05, 0) is 48.9 Å². The number of nitrogens with two attached hydrogens (primary N) is 1. The summed E-state index contributed by atoms with van der Waals surface area (Å²) in [6.45, 7) is 1.88. The number of amides is 1. The maximum atomic E-state index is 12.2. The number of anilines is 2. The second-order valence-corrected chi connectivity index (χ2v) is 6.44. The molecule has 1 atom stereocenters. The summed E-state index contributed by atoms with van der Waals surface area (Å²) in [7, 11) is -1.48. The number of hydrogen-bond acceptors (Lipinski definition) is 3. The van der Waals surface area contributed by atoms with Crippen LogP contribution in [0, 0.1) is 6.92 Å². The molecule has 3 N–H and O–H groups in total. The van der Waals surface area contributed by atoms with Gasteiger partial charge in [0.25, 0.3) is 0 Å². The molecule has 2 aromatic carbocycles. The van der Waals surface area contributed by atoms with E-state index in [9.17, 15) is 9.00 Å². The van der Waals surface area contributed by atoms with E-state index in [1.165, 1.54) is 0 Å². The standard InChI is InChI=1S/C15H15ClN2O2S/c1-10-2-7-13(17)14(8-10)21(20)9-15(19)18-12-5-3-11(16)4-6-12/h2-8H,9,17H2,1H3,(H,18,19). The molecule has 2 rings (SSSR count). The van der Waals surface area contributed by atoms with Gasteiger partial charge in [0, 0.05) is 16.4 Å². The Labute approximate surface area is 130 Å². The van der Waals surface area contributed by atoms with Crippen molar-refractivity contribution in [3.63, 3.8) is 0 Å². The number of halogens is 1. The van der Waals surface area contributed by atoms with Crippen LogP contribution in [0.15, 0.2) is 47.4 Å². The number of benzene rings is 2. The Hall–Kier alpha value is -1.85. The number of rotatable bonds is 4. The SMILES string of the molecule is Cc1ccc(N)c(S(=O)CC(=O)Nc2ccc(Cl)cc2)c1. The second-order valence-electron chi connectivity index (χ2n) is 4.59. The first kappa shape index (κ1) is 15.5. The first-order valence-corrected chi connectivity index (χ1v) is 7.95. The van der Waals surface area contributed by atoms with Crippen LogP contribution >= 0.6 is 11.6 Å². The van der Waals surface area contributed by atoms with Gasteiger partial charge in [-0.1, -0.05) is 17.7 Å². The summed E-state index contributed by atoms with van der Waals surface area (Å²) >= 11 is 5.77. The van der Waals surface area contributed by atoms with Gasteiger partial charge in [-0.15, -0.1) is 0 Å². The van der Waals surface area contributed by atoms with E-state index in [4.69, 9.17) is 17.3 Å². The molecule has 0 spiro atoms. The lowest BCUT2D eigenvalue weighted by Gasteiger charge is -2.08. The van der Waals surface area contributed by atoms with Gasteiger partial charge in [0.2, 0.25) is 5.91 Å². The van der Waals surface area contributed by atoms with Crippen molar-refractivity contribution in [1.82, 2.24) is 0 Å². The highest BCUT2D eigenvalue weighted by atomic mass is 35.5. The van der Waals surface area contributed by atoms with Gasteiger partial charge in [0.15, 0.2) is 0 Å². The monoisotopic (exact) mass is 322 g/mol. The third kappa shape index (κ3) is 4.31. The van der Waals surface area contributed by atoms with E-state index in [0.717, 1.165) is 5.56 Å². The van der Waals surface area contributed by atoms with Gasteiger partial charge in [-0.3, -0.25) is 9.00 Å². The first-order valence-electron chi connectivity index (χ1n) is 6.25. The Morgan fingerprint density at radius 3 is 2.57 bits per heavy atom. The number of carbonyl (C=O) groups excluding carboxylic acids is 1. The van der Waals surface area contributed by atoms with Crippen LogP contribution in [-0.4, -0.2) is 15.9 Å². The summed E-state index contributed by atoms with van der Waals surface area (Å²) in [6, 6.07) is 12.0. The van der Waals surface area contributed by atoms with Gasteiger partial charge < -0.3 is 11.1 Å². The van der Waals surface area contributed by atoms with E-state index in [-0.39, 0.29) is 11.7 Å². The van der Waals surface area contributed by atoms with Crippen LogP contribution in [0.3, 0.4) is 0 Å². The van der Waals surface area contributed by atoms with E-state index >= 15 is 0 Å². The zero-order valence-corrected chi connectivity index (χ0v) is 13.0. The highest BCUT2D eigenvalue weighted by Gasteiger charge is 2.13. The Kier molecular flexibility index (Phi) is 4.98. The summed E-state index contributed by atoms with van der Waals surface area (Å²) in [6.07, 6.45) is 0. The van der Waals surface area contributed by atoms with Crippen molar-refractivity contribution in [3.05, 3.63) is 53.1 Å². The van der Waals surface area contributed by atoms with E-state index < -0.39 is 10.8 Å². The number of aryl methyl sites for hydroxylation is 1. The average Bonchev–Trinajstić information content (AvgIpc) is 2.44. The van der Waals surface area contributed by atoms with Crippen LogP contribution in [0.2, 0.25) is 5.02 Å². The Balaban J connectivity index is 2.03. The molecule has 2 aromatic rings. The van der Waals surface area contributed by atoms with E-state index in [1.807, 2.05) is 13.0 Å². The summed E-state index contributed by atoms with van der Waals surface area (Å²) in [5.41, 5.74) is 7.78. The second kappa shape index (κ2) is 6.74. The minimum Gasteiger partial charge on any atom is -0.398 e. The summed E-state index contributed by atoms with van der Waals surface area (Å²) in [4.78, 5) is 12.4. The van der Waals surface area contributed by atoms with Crippen LogP contribution in [0.1, 0.15) is 5.56 Å². The lowest BCUT2D eigenvalue weighted by molar-refractivity contribution is -0.113. The van der Waals surface area contributed by atoms with E-state index in [2.05, 4.69) is 5.32 Å². The van der Waals surface area contributed by atoms with E-state index in [0.29, 0.717) is 21.3 Å². The molecular weight excluding hydrogens is 308 g/mol. The lowest BCUT2D eigenvalue weighted by atomic mass is 10.2. The third-order valence-electron chi connectivity index (χ3n) is 2.80. The van der Waals surface area contributed by atoms with Gasteiger partial charge in [0.1, 0.15) is 5.75 Å². The molecule has 0 aliphatic carbocycles. The molecule has 0 saturated heterocycles. The van der Waals surface area contributed by atoms with Crippen molar-refractivity contribution in [2.75, 3.05) is 16.8 Å². The summed E-state index contributed by atoms with van der Waals surface area (Å²) < 4.78 is 12.2. The van der Waals surface area contributed by atoms with Crippen molar-refractivity contribution in [1.29, 1.82) is 0 Å². The highest BCUT2D eigenvalue weighted by Crippen LogP contribution is 2.19. The van der Waals surface area contributed by atoms with Crippen molar-refractivity contribution in [3.8, 4) is 0 Å². The fourth-order valence-electron chi connectivity index (χ4n) is 1.77. The summed E-state index contributed by atoms with van der Waals surface area (Å²) in [5, 5.41) is 3.26. The van der Waals surface area contributed by atoms with Gasteiger partial charge >= 0.3 is 0 Å². The molecule has 0 aliphatic rings. The molecule has 0 fully saturated rings. The van der Waals surface area contributed by atoms with Crippen LogP contribution in [0.5, 0.6) is 0 Å². The zero-order valence-electron chi connectivity index (χ0n) is 11.4. The zero-order chi connectivity index (χ0) is 15.4. The molecule has 4 nitrogen and oxygen atoms in total. The lowest BCUT2D eigenvalue weighted by Crippen LogP contribution is -2.20. The molecule has 0 bridgehead atoms. The van der Waals surface area contributed by atoms with Crippen molar-refractivity contribution < 1.29 is 9.00 Å². The molecule has 0 radical (unpaired) electrons. The number of hydrogen-bond donors (Lipinski definition) is 2. The topological polar surface area (TPSA) is 72.2 Å². The average molecular weight is 323 g/mol. The predicted molar refractivity (Wildman–Crippen MR) is 86.9 cm³/mol. The highest BCUT2D eigenvalue weighted by molar-refractivity contribution is 7.86. The van der Waals surface area contributed by atoms with Crippen LogP contribution < -0.4 is 11.1 Å². The van der Waals surface area contributed by atoms with Gasteiger partial charge in [-0.2, -0.15) is 0 Å². The quantitative estimate of drug-likeness (QED) is 0.850. The molecule has 0 aromatic heterocycles. The number of nitrogens with one attached hydrogen (secondary N) is 1. The molecule has 0 aliphatic heterocycles. The molecular formula is C15H15ClN2O2S. The van der Waals surface area contributed by atoms with Crippen molar-refractivity contribution in [2.45, 2.75) is 11.8 Å². The summed E-state index contributed by atoms with van der Waals surface area (Å²) in [5.74, 6) is -0.479. The molecule has 110 valence electrons. The van der Waals surface area contributed by atoms with Gasteiger partial charge in [-0.25, -0.2) is 0 Å². The predicted octanol–water partition coefficient (Wildman–Crippen LogP) is 2.98. The normalized spacial score (nSPS) is 11.9. The fourth-order valence-corrected chi connectivity index (χ4v) is 3.01. The third-order valence-corrected chi connectivity index (χ3v) is 4.42. The molecule has 6 heteroatoms. The molecule has 0 saturated carbocycles. The Bertz CT molecular complexity index is 687. The maximum absolute atomic E-state index is 12.2. The van der Waals surface area contributed by atoms with E-state index in [1.54, 1.807) is 36.4 Å². The minimum absolute atomic E-state index is 0.143. The number of nitrogen functional groups attached to an aromatic ring is 1. The fraction of sp³-hybridized carbons (Fsp3) is 0.133. The van der Waals surface area contributed by atoms with Crippen LogP contribution in [-0.2, 0) is 15.6 Å². The Morgan fingerprint density at radius 1 is 1.24 bits per heavy atom. The minimum atomic E-state index is -1.48. The van der Waals surface area contributed by atoms with Crippen LogP contribution in [0.25, 0.3) is 0 Å². The largest absolute Gasteiger partial charge is 0.398 e. The Morgan fingerprint density at radius 2 is 1.90 bits per heavy atom. The molecule has 1 unspecified atom stereocenters. The van der Waals surface area contributed by atoms with Gasteiger partial charge in [0.05, 0.1) is 15.7 Å². The number of carbonyl (C=O) groups is 1.